The van der Waals surface area contributed by atoms with E-state index in [4.69, 9.17) is 0 Å². The summed E-state index contributed by atoms with van der Waals surface area (Å²) in [6.07, 6.45) is 1.09. The predicted octanol–water partition coefficient (Wildman–Crippen LogP) is 1.40. The van der Waals surface area contributed by atoms with Crippen molar-refractivity contribution in [2.24, 2.45) is 0 Å². The summed E-state index contributed by atoms with van der Waals surface area (Å²) in [5.74, 6) is 0.919. The molecule has 0 amide bonds. The minimum absolute atomic E-state index is 0.577. The molecule has 3 heteroatoms. The van der Waals surface area contributed by atoms with Crippen LogP contribution in [0, 0.1) is 0 Å². The van der Waals surface area contributed by atoms with Gasteiger partial charge in [-0.05, 0) is 39.1 Å². The summed E-state index contributed by atoms with van der Waals surface area (Å²) < 4.78 is 0. The molecule has 0 atom stereocenters. The van der Waals surface area contributed by atoms with Crippen LogP contribution in [0.15, 0.2) is 0 Å². The van der Waals surface area contributed by atoms with Crippen molar-refractivity contribution >= 4 is 12.6 Å². The van der Waals surface area contributed by atoms with Crippen molar-refractivity contribution in [2.45, 2.75) is 32.8 Å². The quantitative estimate of drug-likeness (QED) is 0.620. The molecule has 1 N–H and O–H groups in total. The van der Waals surface area contributed by atoms with E-state index in [2.05, 4.69) is 24.5 Å². The van der Waals surface area contributed by atoms with E-state index in [1.54, 1.807) is 0 Å². The Hall–Kier alpha value is 0.270. The molecule has 0 aliphatic carbocycles. The fourth-order valence-electron chi connectivity index (χ4n) is 1.19. The van der Waals surface area contributed by atoms with E-state index in [0.717, 1.165) is 31.8 Å². The van der Waals surface area contributed by atoms with E-state index in [-0.39, 0.29) is 0 Å². The largest absolute Gasteiger partial charge is 0.389 e. The van der Waals surface area contributed by atoms with Gasteiger partial charge in [0.1, 0.15) is 0 Å². The number of aliphatic hydroxyl groups is 1. The van der Waals surface area contributed by atoms with Crippen LogP contribution in [0.1, 0.15) is 27.2 Å². The summed E-state index contributed by atoms with van der Waals surface area (Å²) in [4.78, 5) is 2.25. The van der Waals surface area contributed by atoms with Gasteiger partial charge in [0.25, 0.3) is 0 Å². The molecule has 0 fully saturated rings. The minimum Gasteiger partial charge on any atom is -0.389 e. The number of thiol groups is 1. The molecule has 0 aromatic heterocycles. The van der Waals surface area contributed by atoms with Crippen molar-refractivity contribution in [3.8, 4) is 0 Å². The maximum absolute atomic E-state index is 9.56. The molecule has 0 bridgehead atoms. The average Bonchev–Trinajstić information content (AvgIpc) is 1.95. The lowest BCUT2D eigenvalue weighted by molar-refractivity contribution is 0.0380. The standard InChI is InChI=1S/C9H21NOS/c1-4-10(6-5-7-12)8-9(2,3)11/h11-12H,4-8H2,1-3H3. The second-order valence-corrected chi connectivity index (χ2v) is 4.21. The van der Waals surface area contributed by atoms with Gasteiger partial charge in [0.2, 0.25) is 0 Å². The maximum atomic E-state index is 9.56. The first-order valence-electron chi connectivity index (χ1n) is 4.55. The van der Waals surface area contributed by atoms with Gasteiger partial charge in [-0.2, -0.15) is 12.6 Å². The molecule has 74 valence electrons. The van der Waals surface area contributed by atoms with Gasteiger partial charge in [0.05, 0.1) is 5.60 Å². The monoisotopic (exact) mass is 191 g/mol. The maximum Gasteiger partial charge on any atom is 0.0718 e. The summed E-state index contributed by atoms with van der Waals surface area (Å²) >= 11 is 4.16. The van der Waals surface area contributed by atoms with Crippen LogP contribution in [0.5, 0.6) is 0 Å². The Balaban J connectivity index is 3.67. The van der Waals surface area contributed by atoms with Crippen LogP contribution in [0.25, 0.3) is 0 Å². The van der Waals surface area contributed by atoms with Crippen LogP contribution in [0.2, 0.25) is 0 Å². The number of hydrogen-bond acceptors (Lipinski definition) is 3. The van der Waals surface area contributed by atoms with Gasteiger partial charge in [0.15, 0.2) is 0 Å². The molecular weight excluding hydrogens is 170 g/mol. The summed E-state index contributed by atoms with van der Waals surface area (Å²) in [5, 5.41) is 9.56. The third-order valence-corrected chi connectivity index (χ3v) is 2.01. The topological polar surface area (TPSA) is 23.5 Å². The molecule has 0 saturated carbocycles. The van der Waals surface area contributed by atoms with E-state index in [0.29, 0.717) is 0 Å². The van der Waals surface area contributed by atoms with Gasteiger partial charge in [-0.25, -0.2) is 0 Å². The van der Waals surface area contributed by atoms with Crippen molar-refractivity contribution < 1.29 is 5.11 Å². The van der Waals surface area contributed by atoms with Gasteiger partial charge >= 0.3 is 0 Å². The molecular formula is C9H21NOS. The van der Waals surface area contributed by atoms with Gasteiger partial charge in [-0.1, -0.05) is 6.92 Å². The Labute approximate surface area is 81.4 Å². The Kier molecular flexibility index (Phi) is 5.97. The Morgan fingerprint density at radius 3 is 2.33 bits per heavy atom. The molecule has 0 radical (unpaired) electrons. The third-order valence-electron chi connectivity index (χ3n) is 1.69. The van der Waals surface area contributed by atoms with Gasteiger partial charge in [0, 0.05) is 6.54 Å². The zero-order chi connectivity index (χ0) is 9.61. The fraction of sp³-hybridized carbons (Fsp3) is 1.00. The first-order chi connectivity index (χ1) is 5.49. The molecule has 0 saturated heterocycles. The molecule has 0 aromatic carbocycles. The van der Waals surface area contributed by atoms with E-state index in [9.17, 15) is 5.11 Å². The van der Waals surface area contributed by atoms with Crippen LogP contribution in [-0.4, -0.2) is 41.0 Å². The average molecular weight is 191 g/mol. The van der Waals surface area contributed by atoms with Crippen LogP contribution in [0.3, 0.4) is 0 Å². The van der Waals surface area contributed by atoms with Crippen LogP contribution in [-0.2, 0) is 0 Å². The number of likely N-dealkylation sites (N-methyl/N-ethyl adjacent to an activating group) is 1. The Morgan fingerprint density at radius 2 is 2.00 bits per heavy atom. The third kappa shape index (κ3) is 6.95. The van der Waals surface area contributed by atoms with Gasteiger partial charge in [-0.3, -0.25) is 0 Å². The number of hydrogen-bond donors (Lipinski definition) is 2. The molecule has 0 spiro atoms. The van der Waals surface area contributed by atoms with Crippen LogP contribution in [0.4, 0.5) is 0 Å². The molecule has 0 heterocycles. The summed E-state index contributed by atoms with van der Waals surface area (Å²) in [7, 11) is 0. The van der Waals surface area contributed by atoms with Gasteiger partial charge in [-0.15, -0.1) is 0 Å². The van der Waals surface area contributed by atoms with E-state index >= 15 is 0 Å². The first-order valence-corrected chi connectivity index (χ1v) is 5.18. The number of rotatable bonds is 6. The lowest BCUT2D eigenvalue weighted by Crippen LogP contribution is -2.39. The van der Waals surface area contributed by atoms with Gasteiger partial charge < -0.3 is 10.0 Å². The second-order valence-electron chi connectivity index (χ2n) is 3.76. The number of nitrogens with zero attached hydrogens (tertiary/aromatic N) is 1. The smallest absolute Gasteiger partial charge is 0.0718 e. The summed E-state index contributed by atoms with van der Waals surface area (Å²) in [5.41, 5.74) is -0.577. The van der Waals surface area contributed by atoms with Crippen molar-refractivity contribution in [1.82, 2.24) is 4.90 Å². The normalized spacial score (nSPS) is 12.5. The zero-order valence-corrected chi connectivity index (χ0v) is 9.27. The zero-order valence-electron chi connectivity index (χ0n) is 8.38. The highest BCUT2D eigenvalue weighted by Crippen LogP contribution is 2.05. The Bertz CT molecular complexity index is 112. The molecule has 12 heavy (non-hydrogen) atoms. The molecule has 0 rings (SSSR count). The van der Waals surface area contributed by atoms with E-state index < -0.39 is 5.60 Å². The minimum atomic E-state index is -0.577. The molecule has 0 aliphatic rings. The predicted molar refractivity (Wildman–Crippen MR) is 56.9 cm³/mol. The van der Waals surface area contributed by atoms with Crippen molar-refractivity contribution in [3.63, 3.8) is 0 Å². The SMILES string of the molecule is CCN(CCCS)CC(C)(C)O. The van der Waals surface area contributed by atoms with Crippen molar-refractivity contribution in [2.75, 3.05) is 25.4 Å². The molecule has 0 unspecified atom stereocenters. The summed E-state index contributed by atoms with van der Waals surface area (Å²) in [6, 6.07) is 0. The highest BCUT2D eigenvalue weighted by molar-refractivity contribution is 7.80. The van der Waals surface area contributed by atoms with Crippen molar-refractivity contribution in [3.05, 3.63) is 0 Å². The second kappa shape index (κ2) is 5.84. The molecule has 0 aromatic rings. The van der Waals surface area contributed by atoms with E-state index in [1.165, 1.54) is 0 Å². The van der Waals surface area contributed by atoms with Crippen LogP contribution >= 0.6 is 12.6 Å². The summed E-state index contributed by atoms with van der Waals surface area (Å²) in [6.45, 7) is 8.58. The molecule has 0 aliphatic heterocycles. The highest BCUT2D eigenvalue weighted by atomic mass is 32.1. The lowest BCUT2D eigenvalue weighted by atomic mass is 10.1. The van der Waals surface area contributed by atoms with Crippen molar-refractivity contribution in [1.29, 1.82) is 0 Å². The highest BCUT2D eigenvalue weighted by Gasteiger charge is 2.16. The van der Waals surface area contributed by atoms with Crippen LogP contribution < -0.4 is 0 Å². The lowest BCUT2D eigenvalue weighted by Gasteiger charge is -2.27. The molecule has 2 nitrogen and oxygen atoms in total. The fourth-order valence-corrected chi connectivity index (χ4v) is 1.33. The Morgan fingerprint density at radius 1 is 1.42 bits per heavy atom. The first kappa shape index (κ1) is 12.3. The van der Waals surface area contributed by atoms with E-state index in [1.807, 2.05) is 13.8 Å².